The van der Waals surface area contributed by atoms with Crippen LogP contribution in [0.25, 0.3) is 33.2 Å². The molecule has 1 aromatic heterocycles. The van der Waals surface area contributed by atoms with E-state index in [2.05, 4.69) is 44.2 Å². The normalized spacial score (nSPS) is 11.6. The van der Waals surface area contributed by atoms with E-state index in [9.17, 15) is 8.42 Å². The van der Waals surface area contributed by atoms with Crippen molar-refractivity contribution >= 4 is 20.9 Å². The van der Waals surface area contributed by atoms with Crippen molar-refractivity contribution in [1.82, 2.24) is 3.97 Å². The monoisotopic (exact) mass is 467 g/mol. The van der Waals surface area contributed by atoms with Crippen LogP contribution in [0.15, 0.2) is 102 Å². The van der Waals surface area contributed by atoms with E-state index in [1.54, 1.807) is 37.6 Å². The Kier molecular flexibility index (Phi) is 5.50. The molecule has 4 aromatic carbocycles. The van der Waals surface area contributed by atoms with Crippen LogP contribution in [0.1, 0.15) is 11.1 Å². The minimum atomic E-state index is -3.77. The van der Waals surface area contributed by atoms with Crippen molar-refractivity contribution in [1.29, 1.82) is 0 Å². The van der Waals surface area contributed by atoms with Crippen molar-refractivity contribution in [2.75, 3.05) is 7.11 Å². The Morgan fingerprint density at radius 3 is 2.00 bits per heavy atom. The predicted molar refractivity (Wildman–Crippen MR) is 138 cm³/mol. The number of hydrogen-bond acceptors (Lipinski definition) is 3. The van der Waals surface area contributed by atoms with Crippen LogP contribution in [0.3, 0.4) is 0 Å². The molecule has 0 bridgehead atoms. The van der Waals surface area contributed by atoms with Crippen molar-refractivity contribution in [3.8, 4) is 28.0 Å². The number of hydrogen-bond donors (Lipinski definition) is 0. The van der Waals surface area contributed by atoms with Crippen molar-refractivity contribution in [3.63, 3.8) is 0 Å². The highest BCUT2D eigenvalue weighted by Crippen LogP contribution is 2.39. The Morgan fingerprint density at radius 2 is 1.35 bits per heavy atom. The zero-order chi connectivity index (χ0) is 23.9. The average Bonchev–Trinajstić information content (AvgIpc) is 3.32. The summed E-state index contributed by atoms with van der Waals surface area (Å²) in [5.41, 5.74) is 6.84. The topological polar surface area (TPSA) is 48.3 Å². The molecule has 0 saturated heterocycles. The fraction of sp³-hybridized carbons (Fsp3) is 0.103. The molecule has 0 aliphatic rings. The van der Waals surface area contributed by atoms with E-state index in [0.717, 1.165) is 39.0 Å². The van der Waals surface area contributed by atoms with Crippen LogP contribution in [0, 0.1) is 13.8 Å². The lowest BCUT2D eigenvalue weighted by Crippen LogP contribution is -2.12. The van der Waals surface area contributed by atoms with Gasteiger partial charge >= 0.3 is 0 Å². The second kappa shape index (κ2) is 8.50. The smallest absolute Gasteiger partial charge is 0.268 e. The molecule has 5 rings (SSSR count). The van der Waals surface area contributed by atoms with E-state index in [0.29, 0.717) is 5.52 Å². The summed E-state index contributed by atoms with van der Waals surface area (Å²) >= 11 is 0. The summed E-state index contributed by atoms with van der Waals surface area (Å²) in [7, 11) is -2.14. The summed E-state index contributed by atoms with van der Waals surface area (Å²) in [6, 6.07) is 28.7. The highest BCUT2D eigenvalue weighted by Gasteiger charge is 2.23. The molecule has 0 aliphatic carbocycles. The van der Waals surface area contributed by atoms with Crippen molar-refractivity contribution in [2.45, 2.75) is 18.7 Å². The first kappa shape index (κ1) is 22.0. The Balaban J connectivity index is 1.83. The van der Waals surface area contributed by atoms with Crippen LogP contribution in [-0.2, 0) is 10.0 Å². The zero-order valence-electron chi connectivity index (χ0n) is 19.3. The number of methoxy groups -OCH3 is 1. The quantitative estimate of drug-likeness (QED) is 0.284. The lowest BCUT2D eigenvalue weighted by Gasteiger charge is -2.16. The van der Waals surface area contributed by atoms with Crippen LogP contribution >= 0.6 is 0 Å². The minimum Gasteiger partial charge on any atom is -0.497 e. The second-order valence-corrected chi connectivity index (χ2v) is 10.2. The predicted octanol–water partition coefficient (Wildman–Crippen LogP) is 6.84. The molecular weight excluding hydrogens is 442 g/mol. The van der Waals surface area contributed by atoms with E-state index >= 15 is 0 Å². The fourth-order valence-electron chi connectivity index (χ4n) is 4.38. The average molecular weight is 468 g/mol. The molecule has 0 spiro atoms. The van der Waals surface area contributed by atoms with Gasteiger partial charge in [0.05, 0.1) is 17.5 Å². The largest absolute Gasteiger partial charge is 0.497 e. The number of fused-ring (bicyclic) bond motifs is 1. The van der Waals surface area contributed by atoms with Crippen molar-refractivity contribution < 1.29 is 13.2 Å². The molecule has 0 fully saturated rings. The maximum atomic E-state index is 13.6. The lowest BCUT2D eigenvalue weighted by atomic mass is 9.92. The number of benzene rings is 4. The molecule has 0 N–H and O–H groups in total. The zero-order valence-corrected chi connectivity index (χ0v) is 20.1. The summed E-state index contributed by atoms with van der Waals surface area (Å²) in [4.78, 5) is 0.258. The van der Waals surface area contributed by atoms with Crippen LogP contribution in [0.4, 0.5) is 0 Å². The van der Waals surface area contributed by atoms with Gasteiger partial charge in [-0.1, -0.05) is 60.2 Å². The molecule has 0 atom stereocenters. The van der Waals surface area contributed by atoms with Gasteiger partial charge in [-0.05, 0) is 72.5 Å². The molecule has 34 heavy (non-hydrogen) atoms. The fourth-order valence-corrected chi connectivity index (χ4v) is 5.76. The molecule has 5 heteroatoms. The second-order valence-electron chi connectivity index (χ2n) is 8.38. The van der Waals surface area contributed by atoms with Gasteiger partial charge in [0.15, 0.2) is 0 Å². The maximum absolute atomic E-state index is 13.6. The Hall–Kier alpha value is -3.83. The van der Waals surface area contributed by atoms with Gasteiger partial charge in [0.1, 0.15) is 5.75 Å². The Morgan fingerprint density at radius 1 is 0.735 bits per heavy atom. The molecular formula is C29H25NO3S. The van der Waals surface area contributed by atoms with Gasteiger partial charge in [0.2, 0.25) is 0 Å². The van der Waals surface area contributed by atoms with Crippen LogP contribution in [0.2, 0.25) is 0 Å². The molecule has 0 radical (unpaired) electrons. The lowest BCUT2D eigenvalue weighted by molar-refractivity contribution is 0.415. The number of aryl methyl sites for hydroxylation is 2. The van der Waals surface area contributed by atoms with Gasteiger partial charge in [0.25, 0.3) is 10.0 Å². The van der Waals surface area contributed by atoms with Gasteiger partial charge in [-0.2, -0.15) is 0 Å². The number of aromatic nitrogens is 1. The Bertz CT molecular complexity index is 1580. The van der Waals surface area contributed by atoms with Crippen LogP contribution in [-0.4, -0.2) is 19.5 Å². The maximum Gasteiger partial charge on any atom is 0.268 e. The summed E-state index contributed by atoms with van der Waals surface area (Å²) in [5, 5.41) is 0.906. The molecule has 1 heterocycles. The summed E-state index contributed by atoms with van der Waals surface area (Å²) in [6.07, 6.45) is 1.66. The molecule has 0 saturated carbocycles. The van der Waals surface area contributed by atoms with E-state index in [-0.39, 0.29) is 4.90 Å². The number of rotatable bonds is 5. The van der Waals surface area contributed by atoms with Crippen molar-refractivity contribution in [3.05, 3.63) is 108 Å². The first-order valence-corrected chi connectivity index (χ1v) is 12.5. The third-order valence-electron chi connectivity index (χ3n) is 6.27. The van der Waals surface area contributed by atoms with Gasteiger partial charge in [-0.25, -0.2) is 12.4 Å². The molecule has 4 nitrogen and oxygen atoms in total. The number of nitrogens with zero attached hydrogens (tertiary/aromatic N) is 1. The molecule has 0 amide bonds. The van der Waals surface area contributed by atoms with Crippen LogP contribution in [0.5, 0.6) is 5.75 Å². The van der Waals surface area contributed by atoms with E-state index in [4.69, 9.17) is 4.74 Å². The molecule has 5 aromatic rings. The summed E-state index contributed by atoms with van der Waals surface area (Å²) < 4.78 is 34.0. The van der Waals surface area contributed by atoms with Crippen LogP contribution < -0.4 is 4.74 Å². The summed E-state index contributed by atoms with van der Waals surface area (Å²) in [6.45, 7) is 4.12. The molecule has 0 unspecified atom stereocenters. The summed E-state index contributed by atoms with van der Waals surface area (Å²) in [5.74, 6) is 0.748. The first-order chi connectivity index (χ1) is 16.4. The van der Waals surface area contributed by atoms with Crippen molar-refractivity contribution in [2.24, 2.45) is 0 Å². The van der Waals surface area contributed by atoms with Gasteiger partial charge in [-0.15, -0.1) is 0 Å². The highest BCUT2D eigenvalue weighted by atomic mass is 32.2. The third-order valence-corrected chi connectivity index (χ3v) is 7.96. The van der Waals surface area contributed by atoms with E-state index in [1.807, 2.05) is 36.4 Å². The number of ether oxygens (including phenoxy) is 1. The standard InChI is InChI=1S/C29H25NO3S/c1-20-9-11-22(12-10-20)27-19-28(23-13-15-24(33-3)16-14-23)29-26(21(27)2)17-18-30(29)34(31,32)25-7-5-4-6-8-25/h4-19H,1-3H3. The molecule has 170 valence electrons. The SMILES string of the molecule is COc1ccc(-c2cc(-c3ccc(C)cc3)c(C)c3ccn(S(=O)(=O)c4ccccc4)c23)cc1. The first-order valence-electron chi connectivity index (χ1n) is 11.1. The van der Waals surface area contributed by atoms with Gasteiger partial charge < -0.3 is 4.74 Å². The van der Waals surface area contributed by atoms with E-state index in [1.165, 1.54) is 9.54 Å². The molecule has 0 aliphatic heterocycles. The third kappa shape index (κ3) is 3.68. The Labute approximate surface area is 200 Å². The van der Waals surface area contributed by atoms with Gasteiger partial charge in [-0.3, -0.25) is 0 Å². The minimum absolute atomic E-state index is 0.258. The van der Waals surface area contributed by atoms with E-state index < -0.39 is 10.0 Å². The highest BCUT2D eigenvalue weighted by molar-refractivity contribution is 7.90. The van der Waals surface area contributed by atoms with Gasteiger partial charge in [0, 0.05) is 17.1 Å².